The number of oxime groups is 1. The first-order valence-electron chi connectivity index (χ1n) is 9.25. The van der Waals surface area contributed by atoms with Crippen LogP contribution in [0.15, 0.2) is 83.5 Å². The van der Waals surface area contributed by atoms with Gasteiger partial charge in [0.05, 0.1) is 16.1 Å². The van der Waals surface area contributed by atoms with Gasteiger partial charge in [-0.05, 0) is 42.0 Å². The van der Waals surface area contributed by atoms with Crippen LogP contribution in [0, 0.1) is 10.1 Å². The van der Waals surface area contributed by atoms with Crippen molar-refractivity contribution < 1.29 is 24.1 Å². The largest absolute Gasteiger partial charge is 0.423 e. The molecule has 1 aliphatic rings. The molecule has 0 spiro atoms. The minimum atomic E-state index is -0.726. The summed E-state index contributed by atoms with van der Waals surface area (Å²) in [6.07, 6.45) is 1.61. The summed E-state index contributed by atoms with van der Waals surface area (Å²) in [5.74, 6) is -1.07. The number of ether oxygens (including phenoxy) is 1. The molecule has 0 radical (unpaired) electrons. The van der Waals surface area contributed by atoms with Gasteiger partial charge in [-0.3, -0.25) is 10.1 Å². The monoisotopic (exact) mass is 448 g/mol. The molecule has 0 unspecified atom stereocenters. The highest BCUT2D eigenvalue weighted by Gasteiger charge is 2.26. The standard InChI is InChI=1S/C23H13ClN2O6/c24-17-8-6-15(7-9-17)21-20(23(28)32-25-21)12-14-4-10-19(11-5-14)31-22(27)16-2-1-3-18(13-16)26(29)30/h1-13H/b20-12+. The van der Waals surface area contributed by atoms with Gasteiger partial charge in [-0.15, -0.1) is 0 Å². The number of non-ortho nitro benzene ring substituents is 1. The molecule has 4 rings (SSSR count). The maximum absolute atomic E-state index is 12.3. The Kier molecular flexibility index (Phi) is 5.78. The van der Waals surface area contributed by atoms with Crippen LogP contribution in [0.2, 0.25) is 5.02 Å². The summed E-state index contributed by atoms with van der Waals surface area (Å²) in [7, 11) is 0. The molecule has 0 aromatic heterocycles. The number of esters is 1. The number of benzene rings is 3. The van der Waals surface area contributed by atoms with Gasteiger partial charge in [-0.2, -0.15) is 0 Å². The summed E-state index contributed by atoms with van der Waals surface area (Å²) in [6, 6.07) is 18.5. The van der Waals surface area contributed by atoms with E-state index in [0.717, 1.165) is 6.07 Å². The van der Waals surface area contributed by atoms with Gasteiger partial charge < -0.3 is 9.57 Å². The van der Waals surface area contributed by atoms with Crippen molar-refractivity contribution in [1.29, 1.82) is 0 Å². The van der Waals surface area contributed by atoms with E-state index in [0.29, 0.717) is 21.9 Å². The second-order valence-electron chi connectivity index (χ2n) is 6.65. The number of nitro benzene ring substituents is 1. The van der Waals surface area contributed by atoms with E-state index in [2.05, 4.69) is 5.16 Å². The van der Waals surface area contributed by atoms with E-state index >= 15 is 0 Å². The minimum absolute atomic E-state index is 0.0583. The third-order valence-electron chi connectivity index (χ3n) is 4.51. The van der Waals surface area contributed by atoms with Crippen molar-refractivity contribution in [3.05, 3.63) is 110 Å². The van der Waals surface area contributed by atoms with Crippen LogP contribution in [-0.2, 0) is 9.63 Å². The van der Waals surface area contributed by atoms with Gasteiger partial charge in [-0.25, -0.2) is 9.59 Å². The molecule has 0 saturated heterocycles. The lowest BCUT2D eigenvalue weighted by atomic mass is 10.0. The number of hydrogen-bond acceptors (Lipinski definition) is 7. The van der Waals surface area contributed by atoms with Crippen LogP contribution in [0.25, 0.3) is 6.08 Å². The van der Waals surface area contributed by atoms with Crippen molar-refractivity contribution in [2.75, 3.05) is 0 Å². The molecule has 9 heteroatoms. The van der Waals surface area contributed by atoms with Gasteiger partial charge in [0.2, 0.25) is 0 Å². The van der Waals surface area contributed by atoms with E-state index < -0.39 is 16.9 Å². The number of hydrogen-bond donors (Lipinski definition) is 0. The second kappa shape index (κ2) is 8.83. The Labute approximate surface area is 186 Å². The first-order valence-corrected chi connectivity index (χ1v) is 9.62. The molecule has 32 heavy (non-hydrogen) atoms. The molecular weight excluding hydrogens is 436 g/mol. The molecule has 0 bridgehead atoms. The van der Waals surface area contributed by atoms with Crippen molar-refractivity contribution in [3.8, 4) is 5.75 Å². The zero-order chi connectivity index (χ0) is 22.7. The molecular formula is C23H13ClN2O6. The predicted molar refractivity (Wildman–Crippen MR) is 117 cm³/mol. The number of rotatable bonds is 5. The fourth-order valence-electron chi connectivity index (χ4n) is 2.94. The van der Waals surface area contributed by atoms with E-state index in [-0.39, 0.29) is 22.6 Å². The average molecular weight is 449 g/mol. The lowest BCUT2D eigenvalue weighted by molar-refractivity contribution is -0.384. The Morgan fingerprint density at radius 2 is 1.78 bits per heavy atom. The van der Waals surface area contributed by atoms with E-state index in [1.165, 1.54) is 18.2 Å². The SMILES string of the molecule is O=C1ON=C(c2ccc(Cl)cc2)/C1=C\c1ccc(OC(=O)c2cccc([N+](=O)[O-])c2)cc1. The molecule has 0 saturated carbocycles. The van der Waals surface area contributed by atoms with E-state index in [9.17, 15) is 19.7 Å². The zero-order valence-electron chi connectivity index (χ0n) is 16.2. The van der Waals surface area contributed by atoms with Gasteiger partial charge in [0.25, 0.3) is 5.69 Å². The minimum Gasteiger partial charge on any atom is -0.423 e. The normalized spacial score (nSPS) is 14.1. The molecule has 0 fully saturated rings. The fraction of sp³-hybridized carbons (Fsp3) is 0. The topological polar surface area (TPSA) is 108 Å². The molecule has 0 N–H and O–H groups in total. The maximum atomic E-state index is 12.3. The highest BCUT2D eigenvalue weighted by molar-refractivity contribution is 6.32. The van der Waals surface area contributed by atoms with Crippen LogP contribution in [0.1, 0.15) is 21.5 Å². The molecule has 3 aromatic carbocycles. The summed E-state index contributed by atoms with van der Waals surface area (Å²) in [6.45, 7) is 0. The van der Waals surface area contributed by atoms with Crippen molar-refractivity contribution >= 4 is 41.0 Å². The summed E-state index contributed by atoms with van der Waals surface area (Å²) in [4.78, 5) is 39.5. The van der Waals surface area contributed by atoms with E-state index in [1.54, 1.807) is 54.6 Å². The van der Waals surface area contributed by atoms with Crippen LogP contribution in [0.3, 0.4) is 0 Å². The Morgan fingerprint density at radius 3 is 2.47 bits per heavy atom. The smallest absolute Gasteiger partial charge is 0.368 e. The van der Waals surface area contributed by atoms with Crippen LogP contribution in [0.5, 0.6) is 5.75 Å². The molecule has 3 aromatic rings. The summed E-state index contributed by atoms with van der Waals surface area (Å²) in [5.41, 5.74) is 1.83. The third-order valence-corrected chi connectivity index (χ3v) is 4.76. The molecule has 8 nitrogen and oxygen atoms in total. The molecule has 158 valence electrons. The second-order valence-corrected chi connectivity index (χ2v) is 7.09. The van der Waals surface area contributed by atoms with Crippen LogP contribution < -0.4 is 4.74 Å². The van der Waals surface area contributed by atoms with Crippen molar-refractivity contribution in [1.82, 2.24) is 0 Å². The number of nitrogens with zero attached hydrogens (tertiary/aromatic N) is 2. The van der Waals surface area contributed by atoms with Crippen LogP contribution >= 0.6 is 11.6 Å². The lowest BCUT2D eigenvalue weighted by Crippen LogP contribution is -2.09. The summed E-state index contributed by atoms with van der Waals surface area (Å²) in [5, 5.41) is 15.3. The summed E-state index contributed by atoms with van der Waals surface area (Å²) < 4.78 is 5.27. The molecule has 1 heterocycles. The Bertz CT molecular complexity index is 1280. The van der Waals surface area contributed by atoms with Gasteiger partial charge in [0.15, 0.2) is 0 Å². The number of carbonyl (C=O) groups excluding carboxylic acids is 2. The molecule has 0 atom stereocenters. The number of carbonyl (C=O) groups is 2. The maximum Gasteiger partial charge on any atom is 0.368 e. The van der Waals surface area contributed by atoms with Crippen molar-refractivity contribution in [3.63, 3.8) is 0 Å². The average Bonchev–Trinajstić information content (AvgIpc) is 3.15. The Morgan fingerprint density at radius 1 is 1.06 bits per heavy atom. The quantitative estimate of drug-likeness (QED) is 0.138. The first-order chi connectivity index (χ1) is 15.4. The molecule has 0 aliphatic carbocycles. The van der Waals surface area contributed by atoms with Gasteiger partial charge in [0.1, 0.15) is 11.5 Å². The van der Waals surface area contributed by atoms with Crippen molar-refractivity contribution in [2.45, 2.75) is 0 Å². The Balaban J connectivity index is 1.51. The van der Waals surface area contributed by atoms with Gasteiger partial charge in [-0.1, -0.05) is 47.1 Å². The zero-order valence-corrected chi connectivity index (χ0v) is 17.0. The van der Waals surface area contributed by atoms with Gasteiger partial charge in [0, 0.05) is 22.7 Å². The third kappa shape index (κ3) is 4.55. The van der Waals surface area contributed by atoms with E-state index in [1.807, 2.05) is 0 Å². The number of halogens is 1. The highest BCUT2D eigenvalue weighted by Crippen LogP contribution is 2.23. The van der Waals surface area contributed by atoms with Crippen molar-refractivity contribution in [2.24, 2.45) is 5.16 Å². The lowest BCUT2D eigenvalue weighted by Gasteiger charge is -2.05. The van der Waals surface area contributed by atoms with Crippen LogP contribution in [0.4, 0.5) is 5.69 Å². The van der Waals surface area contributed by atoms with Gasteiger partial charge >= 0.3 is 11.9 Å². The Hall–Kier alpha value is -4.30. The van der Waals surface area contributed by atoms with E-state index in [4.69, 9.17) is 21.2 Å². The highest BCUT2D eigenvalue weighted by atomic mass is 35.5. The molecule has 0 amide bonds. The molecule has 1 aliphatic heterocycles. The summed E-state index contributed by atoms with van der Waals surface area (Å²) >= 11 is 5.91. The van der Waals surface area contributed by atoms with Crippen LogP contribution in [-0.4, -0.2) is 22.6 Å². The predicted octanol–water partition coefficient (Wildman–Crippen LogP) is 4.81. The first kappa shape index (κ1) is 21.0. The fourth-order valence-corrected chi connectivity index (χ4v) is 3.06. The number of nitro groups is 1.